The highest BCUT2D eigenvalue weighted by atomic mass is 35.7. The lowest BCUT2D eigenvalue weighted by molar-refractivity contribution is -0.117. The van der Waals surface area contributed by atoms with E-state index in [1.165, 1.54) is 24.1 Å². The number of amides is 1. The Morgan fingerprint density at radius 1 is 1.30 bits per heavy atom. The Hall–Kier alpha value is -0.690. The van der Waals surface area contributed by atoms with Crippen LogP contribution in [0.5, 0.6) is 5.75 Å². The standard InChI is InChI=1S/C11H10Cl3NO4S/c1-19-10-4-9(7(12)3-8(10)13)15-5-6(2-11(15)16)20(14,17)18/h3-4,6H,2,5H2,1H3. The van der Waals surface area contributed by atoms with Gasteiger partial charge in [-0.2, -0.15) is 0 Å². The molecule has 0 spiro atoms. The minimum absolute atomic E-state index is 0.0465. The van der Waals surface area contributed by atoms with Crippen molar-refractivity contribution in [3.05, 3.63) is 22.2 Å². The number of carbonyl (C=O) groups excluding carboxylic acids is 1. The van der Waals surface area contributed by atoms with Gasteiger partial charge in [0.05, 0.1) is 22.8 Å². The summed E-state index contributed by atoms with van der Waals surface area (Å²) in [6.07, 6.45) is -0.174. The van der Waals surface area contributed by atoms with Crippen LogP contribution in [-0.4, -0.2) is 33.2 Å². The number of anilines is 1. The molecule has 0 aliphatic carbocycles. The Kier molecular flexibility index (Phi) is 4.39. The van der Waals surface area contributed by atoms with Gasteiger partial charge in [0, 0.05) is 29.7 Å². The molecule has 5 nitrogen and oxygen atoms in total. The first-order valence-corrected chi connectivity index (χ1v) is 8.63. The number of carbonyl (C=O) groups is 1. The van der Waals surface area contributed by atoms with Crippen LogP contribution in [0.2, 0.25) is 10.0 Å². The summed E-state index contributed by atoms with van der Waals surface area (Å²) >= 11 is 12.0. The molecular weight excluding hydrogens is 349 g/mol. The molecule has 1 heterocycles. The first-order valence-electron chi connectivity index (χ1n) is 5.51. The van der Waals surface area contributed by atoms with E-state index < -0.39 is 14.3 Å². The van der Waals surface area contributed by atoms with Crippen molar-refractivity contribution in [2.45, 2.75) is 11.7 Å². The summed E-state index contributed by atoms with van der Waals surface area (Å²) in [5.74, 6) is -0.0263. The van der Waals surface area contributed by atoms with Crippen molar-refractivity contribution in [2.24, 2.45) is 0 Å². The van der Waals surface area contributed by atoms with Gasteiger partial charge >= 0.3 is 0 Å². The largest absolute Gasteiger partial charge is 0.495 e. The fourth-order valence-electron chi connectivity index (χ4n) is 1.98. The number of hydrogen-bond donors (Lipinski definition) is 0. The van der Waals surface area contributed by atoms with E-state index >= 15 is 0 Å². The average Bonchev–Trinajstić information content (AvgIpc) is 2.71. The lowest BCUT2D eigenvalue weighted by Gasteiger charge is -2.19. The van der Waals surface area contributed by atoms with Gasteiger partial charge in [-0.25, -0.2) is 8.42 Å². The lowest BCUT2D eigenvalue weighted by atomic mass is 10.2. The minimum Gasteiger partial charge on any atom is -0.495 e. The molecule has 9 heteroatoms. The second kappa shape index (κ2) is 5.60. The van der Waals surface area contributed by atoms with E-state index in [2.05, 4.69) is 0 Å². The van der Waals surface area contributed by atoms with Gasteiger partial charge in [-0.15, -0.1) is 0 Å². The number of ether oxygens (including phenoxy) is 1. The number of halogens is 3. The summed E-state index contributed by atoms with van der Waals surface area (Å²) < 4.78 is 27.7. The summed E-state index contributed by atoms with van der Waals surface area (Å²) in [7, 11) is 2.92. The molecule has 110 valence electrons. The lowest BCUT2D eigenvalue weighted by Crippen LogP contribution is -2.27. The fraction of sp³-hybridized carbons (Fsp3) is 0.364. The Bertz CT molecular complexity index is 662. The molecule has 20 heavy (non-hydrogen) atoms. The van der Waals surface area contributed by atoms with Gasteiger partial charge in [-0.3, -0.25) is 4.79 Å². The summed E-state index contributed by atoms with van der Waals surface area (Å²) in [5, 5.41) is -0.416. The van der Waals surface area contributed by atoms with Crippen molar-refractivity contribution >= 4 is 54.5 Å². The minimum atomic E-state index is -3.80. The number of rotatable bonds is 3. The van der Waals surface area contributed by atoms with Gasteiger partial charge in [-0.05, 0) is 6.07 Å². The van der Waals surface area contributed by atoms with Gasteiger partial charge in [0.1, 0.15) is 11.0 Å². The third-order valence-electron chi connectivity index (χ3n) is 3.00. The van der Waals surface area contributed by atoms with E-state index in [4.69, 9.17) is 38.6 Å². The molecule has 1 saturated heterocycles. The highest BCUT2D eigenvalue weighted by molar-refractivity contribution is 8.14. The van der Waals surface area contributed by atoms with E-state index in [1.807, 2.05) is 0 Å². The van der Waals surface area contributed by atoms with Crippen LogP contribution in [0.4, 0.5) is 5.69 Å². The van der Waals surface area contributed by atoms with Gasteiger partial charge in [-0.1, -0.05) is 23.2 Å². The van der Waals surface area contributed by atoms with Gasteiger partial charge < -0.3 is 9.64 Å². The molecule has 1 unspecified atom stereocenters. The van der Waals surface area contributed by atoms with Crippen LogP contribution in [-0.2, 0) is 13.8 Å². The van der Waals surface area contributed by atoms with Gasteiger partial charge in [0.15, 0.2) is 0 Å². The Morgan fingerprint density at radius 3 is 2.45 bits per heavy atom. The summed E-state index contributed by atoms with van der Waals surface area (Å²) in [4.78, 5) is 13.2. The SMILES string of the molecule is COc1cc(N2CC(S(=O)(=O)Cl)CC2=O)c(Cl)cc1Cl. The van der Waals surface area contributed by atoms with E-state index in [9.17, 15) is 13.2 Å². The smallest absolute Gasteiger partial charge is 0.237 e. The maximum Gasteiger partial charge on any atom is 0.237 e. The molecule has 0 N–H and O–H groups in total. The predicted octanol–water partition coefficient (Wildman–Crippen LogP) is 2.68. The highest BCUT2D eigenvalue weighted by Gasteiger charge is 2.38. The van der Waals surface area contributed by atoms with Crippen molar-refractivity contribution in [2.75, 3.05) is 18.6 Å². The molecule has 0 saturated carbocycles. The van der Waals surface area contributed by atoms with Crippen LogP contribution in [0.1, 0.15) is 6.42 Å². The molecule has 1 aliphatic rings. The Labute approximate surface area is 130 Å². The zero-order valence-corrected chi connectivity index (χ0v) is 13.4. The van der Waals surface area contributed by atoms with Crippen LogP contribution in [0, 0.1) is 0 Å². The van der Waals surface area contributed by atoms with Gasteiger partial charge in [0.2, 0.25) is 15.0 Å². The molecule has 1 aliphatic heterocycles. The third-order valence-corrected chi connectivity index (χ3v) is 5.47. The topological polar surface area (TPSA) is 63.7 Å². The zero-order chi connectivity index (χ0) is 15.1. The second-order valence-corrected chi connectivity index (χ2v) is 7.97. The molecule has 0 bridgehead atoms. The van der Waals surface area contributed by atoms with Gasteiger partial charge in [0.25, 0.3) is 0 Å². The molecule has 1 aromatic rings. The van der Waals surface area contributed by atoms with Crippen LogP contribution in [0.15, 0.2) is 12.1 Å². The summed E-state index contributed by atoms with van der Waals surface area (Å²) in [6.45, 7) is -0.0465. The Morgan fingerprint density at radius 2 is 1.95 bits per heavy atom. The van der Waals surface area contributed by atoms with Crippen molar-refractivity contribution in [3.8, 4) is 5.75 Å². The second-order valence-electron chi connectivity index (χ2n) is 4.24. The molecule has 1 atom stereocenters. The summed E-state index contributed by atoms with van der Waals surface area (Å²) in [6, 6.07) is 2.93. The monoisotopic (exact) mass is 357 g/mol. The van der Waals surface area contributed by atoms with Crippen LogP contribution >= 0.6 is 33.9 Å². The van der Waals surface area contributed by atoms with E-state index in [1.54, 1.807) is 0 Å². The van der Waals surface area contributed by atoms with E-state index in [-0.39, 0.29) is 23.9 Å². The number of benzene rings is 1. The first-order chi connectivity index (χ1) is 9.24. The maximum absolute atomic E-state index is 11.9. The first kappa shape index (κ1) is 15.7. The number of methoxy groups -OCH3 is 1. The van der Waals surface area contributed by atoms with Crippen LogP contribution < -0.4 is 9.64 Å². The fourth-order valence-corrected chi connectivity index (χ4v) is 3.57. The number of nitrogens with zero attached hydrogens (tertiary/aromatic N) is 1. The summed E-state index contributed by atoms with van der Waals surface area (Å²) in [5.41, 5.74) is 0.348. The molecule has 1 amide bonds. The number of hydrogen-bond acceptors (Lipinski definition) is 4. The zero-order valence-electron chi connectivity index (χ0n) is 10.3. The molecular formula is C11H10Cl3NO4S. The average molecular weight is 359 g/mol. The van der Waals surface area contributed by atoms with Crippen LogP contribution in [0.3, 0.4) is 0 Å². The van der Waals surface area contributed by atoms with E-state index in [0.717, 1.165) is 0 Å². The quantitative estimate of drug-likeness (QED) is 0.779. The highest BCUT2D eigenvalue weighted by Crippen LogP contribution is 2.38. The molecule has 0 aromatic heterocycles. The Balaban J connectivity index is 2.40. The van der Waals surface area contributed by atoms with Crippen LogP contribution in [0.25, 0.3) is 0 Å². The van der Waals surface area contributed by atoms with E-state index in [0.29, 0.717) is 16.5 Å². The molecule has 1 fully saturated rings. The molecule has 0 radical (unpaired) electrons. The van der Waals surface area contributed by atoms with Crippen molar-refractivity contribution in [3.63, 3.8) is 0 Å². The predicted molar refractivity (Wildman–Crippen MR) is 78.5 cm³/mol. The van der Waals surface area contributed by atoms with Crippen molar-refractivity contribution in [1.29, 1.82) is 0 Å². The third kappa shape index (κ3) is 2.98. The van der Waals surface area contributed by atoms with Crippen molar-refractivity contribution in [1.82, 2.24) is 0 Å². The molecule has 1 aromatic carbocycles. The normalized spacial score (nSPS) is 19.5. The van der Waals surface area contributed by atoms with Crippen molar-refractivity contribution < 1.29 is 17.9 Å². The maximum atomic E-state index is 11.9. The molecule has 2 rings (SSSR count).